The van der Waals surface area contributed by atoms with Gasteiger partial charge in [-0.2, -0.15) is 11.8 Å². The summed E-state index contributed by atoms with van der Waals surface area (Å²) >= 11 is 1.99. The third-order valence-electron chi connectivity index (χ3n) is 2.01. The molecule has 1 heterocycles. The average Bonchev–Trinajstić information content (AvgIpc) is 2.34. The van der Waals surface area contributed by atoms with Crippen LogP contribution in [0.15, 0.2) is 0 Å². The lowest BCUT2D eigenvalue weighted by atomic mass is 10.2. The molecule has 0 aromatic rings. The first-order chi connectivity index (χ1) is 4.36. The molecule has 2 heteroatoms. The Balaban J connectivity index is 2.20. The van der Waals surface area contributed by atoms with Crippen molar-refractivity contribution in [2.45, 2.75) is 31.1 Å². The zero-order valence-electron chi connectivity index (χ0n) is 6.18. The molecule has 0 amide bonds. The summed E-state index contributed by atoms with van der Waals surface area (Å²) in [6.07, 6.45) is 4.86. The topological polar surface area (TPSA) is 12.0 Å². The van der Waals surface area contributed by atoms with Crippen molar-refractivity contribution in [1.82, 2.24) is 5.32 Å². The molecule has 9 heavy (non-hydrogen) atoms. The van der Waals surface area contributed by atoms with Crippen LogP contribution in [0.25, 0.3) is 0 Å². The fraction of sp³-hybridized carbons (Fsp3) is 1.00. The molecule has 1 nitrogen and oxygen atoms in total. The highest BCUT2D eigenvalue weighted by atomic mass is 32.2. The Bertz CT molecular complexity index is 75.0. The van der Waals surface area contributed by atoms with Gasteiger partial charge in [0.15, 0.2) is 0 Å². The molecule has 1 rings (SSSR count). The molecule has 54 valence electrons. The zero-order valence-corrected chi connectivity index (χ0v) is 7.00. The van der Waals surface area contributed by atoms with Gasteiger partial charge >= 0.3 is 0 Å². The predicted molar refractivity (Wildman–Crippen MR) is 44.0 cm³/mol. The SMILES string of the molecule is CC[C@@H]1C[C@H](SC)CN1. The maximum Gasteiger partial charge on any atom is 0.0184 e. The Labute approximate surface area is 61.6 Å². The van der Waals surface area contributed by atoms with E-state index in [1.54, 1.807) is 0 Å². The van der Waals surface area contributed by atoms with Gasteiger partial charge in [0.25, 0.3) is 0 Å². The molecule has 0 unspecified atom stereocenters. The van der Waals surface area contributed by atoms with Gasteiger partial charge in [0.2, 0.25) is 0 Å². The molecule has 1 N–H and O–H groups in total. The monoisotopic (exact) mass is 145 g/mol. The van der Waals surface area contributed by atoms with Gasteiger partial charge in [-0.15, -0.1) is 0 Å². The molecular formula is C7H15NS. The highest BCUT2D eigenvalue weighted by Crippen LogP contribution is 2.19. The van der Waals surface area contributed by atoms with Gasteiger partial charge in [-0.3, -0.25) is 0 Å². The van der Waals surface area contributed by atoms with Gasteiger partial charge in [-0.25, -0.2) is 0 Å². The molecule has 0 saturated carbocycles. The van der Waals surface area contributed by atoms with Crippen LogP contribution in [0.1, 0.15) is 19.8 Å². The summed E-state index contributed by atoms with van der Waals surface area (Å²) < 4.78 is 0. The summed E-state index contributed by atoms with van der Waals surface area (Å²) in [7, 11) is 0. The van der Waals surface area contributed by atoms with Crippen LogP contribution in [-0.4, -0.2) is 24.1 Å². The minimum atomic E-state index is 0.808. The van der Waals surface area contributed by atoms with Crippen molar-refractivity contribution in [3.63, 3.8) is 0 Å². The van der Waals surface area contributed by atoms with E-state index in [0.29, 0.717) is 0 Å². The van der Waals surface area contributed by atoms with Gasteiger partial charge in [0.05, 0.1) is 0 Å². The van der Waals surface area contributed by atoms with E-state index in [9.17, 15) is 0 Å². The molecule has 0 aromatic carbocycles. The van der Waals surface area contributed by atoms with E-state index >= 15 is 0 Å². The molecule has 0 spiro atoms. The van der Waals surface area contributed by atoms with Crippen LogP contribution in [0.5, 0.6) is 0 Å². The normalized spacial score (nSPS) is 35.3. The molecule has 1 aliphatic heterocycles. The largest absolute Gasteiger partial charge is 0.313 e. The van der Waals surface area contributed by atoms with Crippen LogP contribution in [0.2, 0.25) is 0 Å². The standard InChI is InChI=1S/C7H15NS/c1-3-6-4-7(9-2)5-8-6/h6-8H,3-5H2,1-2H3/t6-,7+/m1/s1. The Hall–Kier alpha value is 0.310. The van der Waals surface area contributed by atoms with Crippen molar-refractivity contribution in [2.24, 2.45) is 0 Å². The third-order valence-corrected chi connectivity index (χ3v) is 3.03. The molecule has 0 aliphatic carbocycles. The average molecular weight is 145 g/mol. The molecular weight excluding hydrogens is 130 g/mol. The minimum absolute atomic E-state index is 0.808. The van der Waals surface area contributed by atoms with Crippen LogP contribution < -0.4 is 5.32 Å². The van der Waals surface area contributed by atoms with E-state index in [0.717, 1.165) is 11.3 Å². The summed E-state index contributed by atoms with van der Waals surface area (Å²) in [5, 5.41) is 4.37. The maximum absolute atomic E-state index is 3.49. The number of nitrogens with one attached hydrogen (secondary N) is 1. The quantitative estimate of drug-likeness (QED) is 0.632. The lowest BCUT2D eigenvalue weighted by Crippen LogP contribution is -2.19. The fourth-order valence-corrected chi connectivity index (χ4v) is 1.96. The Morgan fingerprint density at radius 2 is 2.44 bits per heavy atom. The highest BCUT2D eigenvalue weighted by Gasteiger charge is 2.20. The van der Waals surface area contributed by atoms with Crippen LogP contribution >= 0.6 is 11.8 Å². The van der Waals surface area contributed by atoms with Crippen molar-refractivity contribution in [1.29, 1.82) is 0 Å². The minimum Gasteiger partial charge on any atom is -0.313 e. The lowest BCUT2D eigenvalue weighted by Gasteiger charge is -2.04. The molecule has 0 bridgehead atoms. The molecule has 2 atom stereocenters. The molecule has 1 saturated heterocycles. The zero-order chi connectivity index (χ0) is 6.69. The third kappa shape index (κ3) is 1.87. The van der Waals surface area contributed by atoms with Gasteiger partial charge < -0.3 is 5.32 Å². The summed E-state index contributed by atoms with van der Waals surface area (Å²) in [4.78, 5) is 0. The summed E-state index contributed by atoms with van der Waals surface area (Å²) in [6, 6.07) is 0.808. The lowest BCUT2D eigenvalue weighted by molar-refractivity contribution is 0.588. The molecule has 0 radical (unpaired) electrons. The van der Waals surface area contributed by atoms with Crippen LogP contribution in [-0.2, 0) is 0 Å². The molecule has 1 fully saturated rings. The van der Waals surface area contributed by atoms with Crippen molar-refractivity contribution in [3.05, 3.63) is 0 Å². The fourth-order valence-electron chi connectivity index (χ4n) is 1.27. The summed E-state index contributed by atoms with van der Waals surface area (Å²) in [5.74, 6) is 0. The van der Waals surface area contributed by atoms with E-state index in [4.69, 9.17) is 0 Å². The number of hydrogen-bond acceptors (Lipinski definition) is 2. The van der Waals surface area contributed by atoms with E-state index in [-0.39, 0.29) is 0 Å². The van der Waals surface area contributed by atoms with Crippen molar-refractivity contribution < 1.29 is 0 Å². The summed E-state index contributed by atoms with van der Waals surface area (Å²) in [6.45, 7) is 3.47. The number of hydrogen-bond donors (Lipinski definition) is 1. The first kappa shape index (κ1) is 7.42. The Morgan fingerprint density at radius 1 is 1.67 bits per heavy atom. The smallest absolute Gasteiger partial charge is 0.0184 e. The van der Waals surface area contributed by atoms with Gasteiger partial charge in [-0.05, 0) is 19.1 Å². The second-order valence-corrected chi connectivity index (χ2v) is 3.74. The highest BCUT2D eigenvalue weighted by molar-refractivity contribution is 7.99. The van der Waals surface area contributed by atoms with E-state index in [1.807, 2.05) is 11.8 Å². The number of rotatable bonds is 2. The van der Waals surface area contributed by atoms with Crippen LogP contribution in [0, 0.1) is 0 Å². The second-order valence-electron chi connectivity index (χ2n) is 2.61. The Kier molecular flexibility index (Phi) is 2.86. The first-order valence-corrected chi connectivity index (χ1v) is 4.91. The maximum atomic E-state index is 3.49. The van der Waals surface area contributed by atoms with E-state index < -0.39 is 0 Å². The molecule has 1 aliphatic rings. The first-order valence-electron chi connectivity index (χ1n) is 3.63. The van der Waals surface area contributed by atoms with Crippen molar-refractivity contribution in [3.8, 4) is 0 Å². The Morgan fingerprint density at radius 3 is 2.78 bits per heavy atom. The van der Waals surface area contributed by atoms with Crippen molar-refractivity contribution in [2.75, 3.05) is 12.8 Å². The van der Waals surface area contributed by atoms with Gasteiger partial charge in [-0.1, -0.05) is 6.92 Å². The number of thioether (sulfide) groups is 1. The van der Waals surface area contributed by atoms with E-state index in [1.165, 1.54) is 19.4 Å². The summed E-state index contributed by atoms with van der Waals surface area (Å²) in [5.41, 5.74) is 0. The predicted octanol–water partition coefficient (Wildman–Crippen LogP) is 1.49. The van der Waals surface area contributed by atoms with Gasteiger partial charge in [0.1, 0.15) is 0 Å². The van der Waals surface area contributed by atoms with E-state index in [2.05, 4.69) is 18.5 Å². The van der Waals surface area contributed by atoms with Gasteiger partial charge in [0, 0.05) is 17.8 Å². The second kappa shape index (κ2) is 3.47. The van der Waals surface area contributed by atoms with Crippen LogP contribution in [0.3, 0.4) is 0 Å². The van der Waals surface area contributed by atoms with Crippen LogP contribution in [0.4, 0.5) is 0 Å². The van der Waals surface area contributed by atoms with Crippen molar-refractivity contribution >= 4 is 11.8 Å². The molecule has 0 aromatic heterocycles.